The Kier molecular flexibility index (Phi) is 2.81. The van der Waals surface area contributed by atoms with E-state index in [0.717, 1.165) is 35.0 Å². The predicted molar refractivity (Wildman–Crippen MR) is 76.3 cm³/mol. The zero-order valence-electron chi connectivity index (χ0n) is 12.2. The molecule has 0 amide bonds. The summed E-state index contributed by atoms with van der Waals surface area (Å²) in [5, 5.41) is 10.7. The van der Waals surface area contributed by atoms with Gasteiger partial charge in [0, 0.05) is 11.8 Å². The van der Waals surface area contributed by atoms with Crippen molar-refractivity contribution in [1.82, 2.24) is 4.98 Å². The van der Waals surface area contributed by atoms with E-state index in [1.165, 1.54) is 19.3 Å². The van der Waals surface area contributed by atoms with Crippen LogP contribution in [0.2, 0.25) is 0 Å². The molecule has 3 aliphatic carbocycles. The molecule has 0 aliphatic heterocycles. The van der Waals surface area contributed by atoms with Crippen molar-refractivity contribution in [3.05, 3.63) is 24.0 Å². The molecule has 1 aromatic rings. The molecule has 2 bridgehead atoms. The van der Waals surface area contributed by atoms with Crippen molar-refractivity contribution < 1.29 is 9.84 Å². The molecule has 3 saturated carbocycles. The minimum absolute atomic E-state index is 0.139. The summed E-state index contributed by atoms with van der Waals surface area (Å²) >= 11 is 0. The van der Waals surface area contributed by atoms with Crippen molar-refractivity contribution in [2.45, 2.75) is 45.3 Å². The summed E-state index contributed by atoms with van der Waals surface area (Å²) in [4.78, 5) is 4.23. The summed E-state index contributed by atoms with van der Waals surface area (Å²) in [6.45, 7) is 4.01. The molecule has 20 heavy (non-hydrogen) atoms. The lowest BCUT2D eigenvalue weighted by molar-refractivity contribution is 0.129. The van der Waals surface area contributed by atoms with Crippen LogP contribution >= 0.6 is 0 Å². The van der Waals surface area contributed by atoms with Gasteiger partial charge in [-0.1, -0.05) is 0 Å². The van der Waals surface area contributed by atoms with Gasteiger partial charge in [-0.05, 0) is 68.8 Å². The summed E-state index contributed by atoms with van der Waals surface area (Å²) in [5.41, 5.74) is 0.932. The molecule has 3 heteroatoms. The summed E-state index contributed by atoms with van der Waals surface area (Å²) in [6, 6.07) is 1.97. The highest BCUT2D eigenvalue weighted by atomic mass is 16.5. The van der Waals surface area contributed by atoms with Crippen molar-refractivity contribution >= 4 is 0 Å². The van der Waals surface area contributed by atoms with E-state index in [-0.39, 0.29) is 12.2 Å². The Morgan fingerprint density at radius 1 is 1.20 bits per heavy atom. The van der Waals surface area contributed by atoms with Crippen molar-refractivity contribution in [2.24, 2.45) is 29.6 Å². The molecule has 1 aromatic heterocycles. The average Bonchev–Trinajstić information content (AvgIpc) is 2.85. The smallest absolute Gasteiger partial charge is 0.138 e. The van der Waals surface area contributed by atoms with Crippen LogP contribution in [0.25, 0.3) is 0 Å². The third kappa shape index (κ3) is 1.86. The van der Waals surface area contributed by atoms with Crippen LogP contribution in [-0.2, 0) is 0 Å². The van der Waals surface area contributed by atoms with Crippen LogP contribution in [0.1, 0.15) is 44.8 Å². The van der Waals surface area contributed by atoms with Crippen LogP contribution in [-0.4, -0.2) is 16.2 Å². The fourth-order valence-corrected chi connectivity index (χ4v) is 4.97. The molecule has 3 fully saturated rings. The Morgan fingerprint density at radius 2 is 1.90 bits per heavy atom. The molecule has 0 spiro atoms. The Labute approximate surface area is 120 Å². The first kappa shape index (κ1) is 12.6. The Bertz CT molecular complexity index is 499. The van der Waals surface area contributed by atoms with E-state index in [4.69, 9.17) is 4.74 Å². The minimum atomic E-state index is -0.350. The van der Waals surface area contributed by atoms with E-state index in [1.54, 1.807) is 12.4 Å². The third-order valence-corrected chi connectivity index (χ3v) is 5.61. The predicted octanol–water partition coefficient (Wildman–Crippen LogP) is 3.19. The lowest BCUT2D eigenvalue weighted by Gasteiger charge is -2.16. The van der Waals surface area contributed by atoms with Gasteiger partial charge >= 0.3 is 0 Å². The van der Waals surface area contributed by atoms with Crippen molar-refractivity contribution in [2.75, 3.05) is 0 Å². The van der Waals surface area contributed by atoms with E-state index in [9.17, 15) is 5.11 Å². The molecule has 5 unspecified atom stereocenters. The van der Waals surface area contributed by atoms with Crippen LogP contribution in [0.3, 0.4) is 0 Å². The van der Waals surface area contributed by atoms with Crippen molar-refractivity contribution in [3.8, 4) is 5.75 Å². The van der Waals surface area contributed by atoms with Gasteiger partial charge < -0.3 is 9.84 Å². The number of rotatable bonds is 4. The maximum absolute atomic E-state index is 10.7. The van der Waals surface area contributed by atoms with E-state index in [1.807, 2.05) is 19.9 Å². The summed E-state index contributed by atoms with van der Waals surface area (Å²) in [7, 11) is 0. The first-order valence-corrected chi connectivity index (χ1v) is 7.95. The largest absolute Gasteiger partial charge is 0.489 e. The fourth-order valence-electron chi connectivity index (χ4n) is 4.97. The lowest BCUT2D eigenvalue weighted by Crippen LogP contribution is -2.10. The normalized spacial score (nSPS) is 38.9. The second-order valence-electron chi connectivity index (χ2n) is 7.13. The maximum atomic E-state index is 10.7. The van der Waals surface area contributed by atoms with Crippen LogP contribution < -0.4 is 4.74 Å². The number of pyridine rings is 1. The van der Waals surface area contributed by atoms with Gasteiger partial charge in [-0.2, -0.15) is 0 Å². The second kappa shape index (κ2) is 4.45. The van der Waals surface area contributed by atoms with E-state index < -0.39 is 0 Å². The molecule has 1 N–H and O–H groups in total. The molecule has 3 nitrogen and oxygen atoms in total. The van der Waals surface area contributed by atoms with Gasteiger partial charge in [0.05, 0.1) is 18.4 Å². The monoisotopic (exact) mass is 273 g/mol. The third-order valence-electron chi connectivity index (χ3n) is 5.61. The van der Waals surface area contributed by atoms with Crippen molar-refractivity contribution in [1.29, 1.82) is 0 Å². The number of fused-ring (bicyclic) bond motifs is 5. The number of ether oxygens (including phenoxy) is 1. The Morgan fingerprint density at radius 3 is 2.55 bits per heavy atom. The summed E-state index contributed by atoms with van der Waals surface area (Å²) < 4.78 is 5.68. The lowest BCUT2D eigenvalue weighted by atomic mass is 9.96. The van der Waals surface area contributed by atoms with Crippen LogP contribution in [0.4, 0.5) is 0 Å². The SMILES string of the molecule is CC(C)Oc1cncc(C(O)C2C3C4CCC(C4)C32)c1. The van der Waals surface area contributed by atoms with Gasteiger partial charge in [0.2, 0.25) is 0 Å². The summed E-state index contributed by atoms with van der Waals surface area (Å²) in [6.07, 6.45) is 7.53. The van der Waals surface area contributed by atoms with Gasteiger partial charge in [-0.15, -0.1) is 0 Å². The van der Waals surface area contributed by atoms with Gasteiger partial charge in [0.25, 0.3) is 0 Å². The average molecular weight is 273 g/mol. The Hall–Kier alpha value is -1.09. The van der Waals surface area contributed by atoms with Crippen LogP contribution in [0.15, 0.2) is 18.5 Å². The molecule has 5 atom stereocenters. The van der Waals surface area contributed by atoms with Gasteiger partial charge in [-0.25, -0.2) is 0 Å². The van der Waals surface area contributed by atoms with Gasteiger partial charge in [-0.3, -0.25) is 4.98 Å². The molecule has 4 rings (SSSR count). The number of aliphatic hydroxyl groups excluding tert-OH is 1. The number of aromatic nitrogens is 1. The fraction of sp³-hybridized carbons (Fsp3) is 0.706. The van der Waals surface area contributed by atoms with Crippen LogP contribution in [0.5, 0.6) is 5.75 Å². The Balaban J connectivity index is 1.51. The quantitative estimate of drug-likeness (QED) is 0.916. The minimum Gasteiger partial charge on any atom is -0.489 e. The molecule has 0 aromatic carbocycles. The van der Waals surface area contributed by atoms with Crippen molar-refractivity contribution in [3.63, 3.8) is 0 Å². The number of hydrogen-bond donors (Lipinski definition) is 1. The van der Waals surface area contributed by atoms with E-state index in [2.05, 4.69) is 4.98 Å². The standard InChI is InChI=1S/C17H23NO2/c1-9(2)20-13-6-12(7-18-8-13)17(19)16-14-10-3-4-11(5-10)15(14)16/h6-11,14-17,19H,3-5H2,1-2H3. The maximum Gasteiger partial charge on any atom is 0.138 e. The molecular weight excluding hydrogens is 250 g/mol. The molecular formula is C17H23NO2. The molecule has 0 radical (unpaired) electrons. The molecule has 1 heterocycles. The number of nitrogens with zero attached hydrogens (tertiary/aromatic N) is 1. The molecule has 3 aliphatic rings. The molecule has 0 saturated heterocycles. The second-order valence-corrected chi connectivity index (χ2v) is 7.13. The van der Waals surface area contributed by atoms with Gasteiger partial charge in [0.1, 0.15) is 5.75 Å². The number of hydrogen-bond acceptors (Lipinski definition) is 3. The highest BCUT2D eigenvalue weighted by Crippen LogP contribution is 2.72. The van der Waals surface area contributed by atoms with E-state index in [0.29, 0.717) is 5.92 Å². The highest BCUT2D eigenvalue weighted by Gasteiger charge is 2.66. The number of aliphatic hydroxyl groups is 1. The summed E-state index contributed by atoms with van der Waals surface area (Å²) in [5.74, 6) is 4.62. The zero-order valence-corrected chi connectivity index (χ0v) is 12.2. The topological polar surface area (TPSA) is 42.4 Å². The van der Waals surface area contributed by atoms with Gasteiger partial charge in [0.15, 0.2) is 0 Å². The first-order chi connectivity index (χ1) is 9.65. The zero-order chi connectivity index (χ0) is 13.9. The first-order valence-electron chi connectivity index (χ1n) is 7.95. The highest BCUT2D eigenvalue weighted by molar-refractivity contribution is 5.28. The molecule has 108 valence electrons. The van der Waals surface area contributed by atoms with Crippen LogP contribution in [0, 0.1) is 29.6 Å². The van der Waals surface area contributed by atoms with E-state index >= 15 is 0 Å².